The van der Waals surface area contributed by atoms with Crippen LogP contribution in [0, 0.1) is 0 Å². The Hall–Kier alpha value is -4.53. The summed E-state index contributed by atoms with van der Waals surface area (Å²) in [6.45, 7) is 0.904. The Morgan fingerprint density at radius 2 is 1.86 bits per heavy atom. The normalized spacial score (nSPS) is 18.3. The highest BCUT2D eigenvalue weighted by Crippen LogP contribution is 2.45. The summed E-state index contributed by atoms with van der Waals surface area (Å²) in [5.41, 5.74) is 1.54. The summed E-state index contributed by atoms with van der Waals surface area (Å²) >= 11 is 0. The van der Waals surface area contributed by atoms with Crippen molar-refractivity contribution in [1.82, 2.24) is 9.88 Å². The molecular weight excluding hydrogens is 464 g/mol. The number of hydrogen-bond donors (Lipinski definition) is 1. The minimum atomic E-state index is -0.917. The van der Waals surface area contributed by atoms with E-state index in [9.17, 15) is 14.7 Å². The molecule has 2 aliphatic rings. The van der Waals surface area contributed by atoms with Gasteiger partial charge in [-0.1, -0.05) is 6.07 Å². The van der Waals surface area contributed by atoms with E-state index in [1.54, 1.807) is 54.9 Å². The van der Waals surface area contributed by atoms with Gasteiger partial charge in [-0.15, -0.1) is 0 Å². The van der Waals surface area contributed by atoms with E-state index in [-0.39, 0.29) is 17.9 Å². The van der Waals surface area contributed by atoms with E-state index in [4.69, 9.17) is 18.9 Å². The maximum atomic E-state index is 13.4. The van der Waals surface area contributed by atoms with Crippen LogP contribution in [0.25, 0.3) is 5.76 Å². The summed E-state index contributed by atoms with van der Waals surface area (Å²) in [7, 11) is 3.02. The number of benzene rings is 2. The first-order valence-electron chi connectivity index (χ1n) is 11.3. The third-order valence-electron chi connectivity index (χ3n) is 6.17. The molecule has 1 fully saturated rings. The lowest BCUT2D eigenvalue weighted by molar-refractivity contribution is -0.140. The van der Waals surface area contributed by atoms with E-state index in [2.05, 4.69) is 4.98 Å². The van der Waals surface area contributed by atoms with Crippen LogP contribution in [0.4, 0.5) is 0 Å². The second kappa shape index (κ2) is 9.61. The topological polar surface area (TPSA) is 107 Å². The molecule has 3 aromatic rings. The van der Waals surface area contributed by atoms with Crippen LogP contribution in [0.5, 0.6) is 23.0 Å². The van der Waals surface area contributed by atoms with Gasteiger partial charge in [-0.25, -0.2) is 0 Å². The van der Waals surface area contributed by atoms with Crippen molar-refractivity contribution in [1.29, 1.82) is 0 Å². The molecule has 1 atom stereocenters. The van der Waals surface area contributed by atoms with Crippen molar-refractivity contribution in [3.63, 3.8) is 0 Å². The molecule has 1 saturated heterocycles. The van der Waals surface area contributed by atoms with Crippen molar-refractivity contribution in [2.75, 3.05) is 27.4 Å². The van der Waals surface area contributed by atoms with Crippen molar-refractivity contribution in [2.24, 2.45) is 0 Å². The maximum Gasteiger partial charge on any atom is 0.295 e. The zero-order chi connectivity index (χ0) is 25.2. The molecule has 2 aliphatic heterocycles. The molecule has 1 aromatic heterocycles. The molecule has 1 unspecified atom stereocenters. The Morgan fingerprint density at radius 1 is 1.06 bits per heavy atom. The molecular formula is C27H24N2O7. The first-order valence-corrected chi connectivity index (χ1v) is 11.3. The number of aromatic nitrogens is 1. The summed E-state index contributed by atoms with van der Waals surface area (Å²) in [5, 5.41) is 11.4. The number of likely N-dealkylation sites (tertiary alicyclic amines) is 1. The largest absolute Gasteiger partial charge is 0.507 e. The van der Waals surface area contributed by atoms with Gasteiger partial charge in [0.15, 0.2) is 11.5 Å². The van der Waals surface area contributed by atoms with Crippen molar-refractivity contribution in [3.8, 4) is 23.0 Å². The van der Waals surface area contributed by atoms with Gasteiger partial charge in [-0.2, -0.15) is 0 Å². The van der Waals surface area contributed by atoms with Crippen LogP contribution >= 0.6 is 0 Å². The summed E-state index contributed by atoms with van der Waals surface area (Å²) in [4.78, 5) is 32.2. The number of hydrogen-bond acceptors (Lipinski definition) is 8. The first kappa shape index (κ1) is 23.2. The molecule has 0 saturated carbocycles. The number of Topliss-reactive ketones (excluding diaryl/α,β-unsaturated/α-hetero) is 1. The van der Waals surface area contributed by atoms with E-state index in [1.165, 1.54) is 19.1 Å². The number of fused-ring (bicyclic) bond motifs is 1. The number of carbonyl (C=O) groups excluding carboxylic acids is 2. The average molecular weight is 488 g/mol. The Balaban J connectivity index is 1.67. The predicted molar refractivity (Wildman–Crippen MR) is 129 cm³/mol. The monoisotopic (exact) mass is 488 g/mol. The number of carbonyl (C=O) groups is 2. The van der Waals surface area contributed by atoms with Gasteiger partial charge in [0.2, 0.25) is 0 Å². The lowest BCUT2D eigenvalue weighted by Crippen LogP contribution is -2.29. The molecule has 9 heteroatoms. The number of ketones is 1. The average Bonchev–Trinajstić information content (AvgIpc) is 3.17. The minimum Gasteiger partial charge on any atom is -0.507 e. The van der Waals surface area contributed by atoms with E-state index in [0.29, 0.717) is 47.3 Å². The van der Waals surface area contributed by atoms with Crippen molar-refractivity contribution >= 4 is 17.4 Å². The zero-order valence-electron chi connectivity index (χ0n) is 19.8. The fourth-order valence-electron chi connectivity index (χ4n) is 4.45. The summed E-state index contributed by atoms with van der Waals surface area (Å²) in [5.74, 6) is 0.102. The summed E-state index contributed by atoms with van der Waals surface area (Å²) in [6.07, 6.45) is 3.26. The van der Waals surface area contributed by atoms with Gasteiger partial charge in [0.1, 0.15) is 30.5 Å². The van der Waals surface area contributed by atoms with Crippen molar-refractivity contribution in [3.05, 3.63) is 83.2 Å². The Kier molecular flexibility index (Phi) is 6.20. The molecule has 0 bridgehead atoms. The van der Waals surface area contributed by atoms with Gasteiger partial charge in [0.25, 0.3) is 11.7 Å². The Bertz CT molecular complexity index is 1350. The van der Waals surface area contributed by atoms with Crippen LogP contribution in [-0.2, 0) is 16.1 Å². The van der Waals surface area contributed by atoms with Crippen LogP contribution in [0.15, 0.2) is 66.5 Å². The highest BCUT2D eigenvalue weighted by Gasteiger charge is 2.47. The lowest BCUT2D eigenvalue weighted by atomic mass is 9.94. The molecule has 0 aliphatic carbocycles. The molecule has 2 aromatic carbocycles. The minimum absolute atomic E-state index is 0.0518. The van der Waals surface area contributed by atoms with Crippen LogP contribution in [-0.4, -0.2) is 54.1 Å². The number of nitrogens with zero attached hydrogens (tertiary/aromatic N) is 2. The fraction of sp³-hybridized carbons (Fsp3) is 0.222. The number of aliphatic hydroxyl groups excluding tert-OH is 1. The molecule has 1 N–H and O–H groups in total. The second-order valence-corrected chi connectivity index (χ2v) is 8.25. The van der Waals surface area contributed by atoms with Crippen LogP contribution < -0.4 is 18.9 Å². The second-order valence-electron chi connectivity index (χ2n) is 8.25. The highest BCUT2D eigenvalue weighted by molar-refractivity contribution is 6.46. The van der Waals surface area contributed by atoms with E-state index < -0.39 is 17.7 Å². The SMILES string of the molecule is COc1ccc(C2/C(=C(/O)c3ccc4c(c3)OCCO4)C(=O)C(=O)N2Cc2cccnc2)c(OC)c1. The van der Waals surface area contributed by atoms with Gasteiger partial charge in [-0.05, 0) is 42.0 Å². The van der Waals surface area contributed by atoms with Gasteiger partial charge in [0.05, 0.1) is 25.8 Å². The number of amides is 1. The molecule has 0 radical (unpaired) electrons. The first-order chi connectivity index (χ1) is 17.5. The van der Waals surface area contributed by atoms with Crippen LogP contribution in [0.3, 0.4) is 0 Å². The molecule has 36 heavy (non-hydrogen) atoms. The number of pyridine rings is 1. The van der Waals surface area contributed by atoms with E-state index in [0.717, 1.165) is 5.56 Å². The van der Waals surface area contributed by atoms with Crippen molar-refractivity contribution in [2.45, 2.75) is 12.6 Å². The van der Waals surface area contributed by atoms with Crippen molar-refractivity contribution < 1.29 is 33.6 Å². The van der Waals surface area contributed by atoms with Gasteiger partial charge in [0, 0.05) is 36.1 Å². The third kappa shape index (κ3) is 4.08. The van der Waals surface area contributed by atoms with Crippen LogP contribution in [0.1, 0.15) is 22.7 Å². The standard InChI is InChI=1S/C27H24N2O7/c1-33-18-6-7-19(21(13-18)34-2)24-23(25(30)17-5-8-20-22(12-17)36-11-10-35-20)26(31)27(32)29(24)15-16-4-3-9-28-14-16/h3-9,12-14,24,30H,10-11,15H2,1-2H3/b25-23-. The van der Waals surface area contributed by atoms with E-state index in [1.807, 2.05) is 6.07 Å². The molecule has 3 heterocycles. The molecule has 5 rings (SSSR count). The van der Waals surface area contributed by atoms with Gasteiger partial charge in [-0.3, -0.25) is 14.6 Å². The molecule has 0 spiro atoms. The number of aliphatic hydroxyl groups is 1. The van der Waals surface area contributed by atoms with E-state index >= 15 is 0 Å². The number of methoxy groups -OCH3 is 2. The van der Waals surface area contributed by atoms with Gasteiger partial charge >= 0.3 is 0 Å². The number of ether oxygens (including phenoxy) is 4. The lowest BCUT2D eigenvalue weighted by Gasteiger charge is -2.27. The Labute approximate surface area is 207 Å². The predicted octanol–water partition coefficient (Wildman–Crippen LogP) is 3.49. The zero-order valence-corrected chi connectivity index (χ0v) is 19.8. The Morgan fingerprint density at radius 3 is 2.58 bits per heavy atom. The fourth-order valence-corrected chi connectivity index (χ4v) is 4.45. The van der Waals surface area contributed by atoms with Gasteiger partial charge < -0.3 is 29.0 Å². The molecule has 1 amide bonds. The molecule has 184 valence electrons. The van der Waals surface area contributed by atoms with Crippen LogP contribution in [0.2, 0.25) is 0 Å². The smallest absolute Gasteiger partial charge is 0.295 e. The highest BCUT2D eigenvalue weighted by atomic mass is 16.6. The summed E-state index contributed by atoms with van der Waals surface area (Å²) < 4.78 is 22.1. The number of rotatable bonds is 6. The maximum absolute atomic E-state index is 13.4. The third-order valence-corrected chi connectivity index (χ3v) is 6.17. The summed E-state index contributed by atoms with van der Waals surface area (Å²) in [6, 6.07) is 12.6. The molecule has 9 nitrogen and oxygen atoms in total. The quantitative estimate of drug-likeness (QED) is 0.319.